The van der Waals surface area contributed by atoms with Gasteiger partial charge in [0.2, 0.25) is 0 Å². The summed E-state index contributed by atoms with van der Waals surface area (Å²) >= 11 is 0. The van der Waals surface area contributed by atoms with Crippen molar-refractivity contribution in [3.63, 3.8) is 0 Å². The first kappa shape index (κ1) is 9.82. The molecule has 1 fully saturated rings. The lowest BCUT2D eigenvalue weighted by Gasteiger charge is -2.15. The average molecular weight is 188 g/mol. The fraction of sp³-hybridized carbons (Fsp3) is 0.571. The summed E-state index contributed by atoms with van der Waals surface area (Å²) in [5.41, 5.74) is 0. The maximum absolute atomic E-state index is 11.0. The molecule has 0 aromatic carbocycles. The van der Waals surface area contributed by atoms with E-state index in [0.717, 1.165) is 0 Å². The van der Waals surface area contributed by atoms with Crippen LogP contribution in [0.5, 0.6) is 0 Å². The number of aliphatic hydroxyl groups is 1. The van der Waals surface area contributed by atoms with Gasteiger partial charge in [0.1, 0.15) is 6.10 Å². The van der Waals surface area contributed by atoms with E-state index in [1.54, 1.807) is 0 Å². The number of aliphatic hydroxyl groups excluding tert-OH is 1. The molecule has 1 N–H and O–H groups in total. The number of methoxy groups -OCH3 is 1. The summed E-state index contributed by atoms with van der Waals surface area (Å²) in [6, 6.07) is 0. The number of rotatable bonds is 3. The van der Waals surface area contributed by atoms with E-state index in [4.69, 9.17) is 5.11 Å². The van der Waals surface area contributed by atoms with Gasteiger partial charge in [0.15, 0.2) is 6.10 Å². The zero-order valence-electron chi connectivity index (χ0n) is 6.85. The van der Waals surface area contributed by atoms with Crippen LogP contribution in [0, 0.1) is 0 Å². The summed E-state index contributed by atoms with van der Waals surface area (Å²) in [7, 11) is 1.24. The molecule has 1 heterocycles. The van der Waals surface area contributed by atoms with Crippen molar-refractivity contribution in [1.82, 2.24) is 0 Å². The molecule has 1 aliphatic heterocycles. The van der Waals surface area contributed by atoms with Crippen LogP contribution in [-0.4, -0.2) is 48.6 Å². The molecule has 0 spiro atoms. The van der Waals surface area contributed by atoms with E-state index in [1.807, 2.05) is 0 Å². The first-order chi connectivity index (χ1) is 6.11. The van der Waals surface area contributed by atoms with Gasteiger partial charge in [-0.3, -0.25) is 9.59 Å². The van der Waals surface area contributed by atoms with Crippen LogP contribution >= 0.6 is 0 Å². The van der Waals surface area contributed by atoms with Gasteiger partial charge in [-0.2, -0.15) is 0 Å². The number of Topliss-reactive ketones (excluding diaryl/α,β-unsaturated/α-hetero) is 2. The first-order valence-corrected chi connectivity index (χ1v) is 3.54. The summed E-state index contributed by atoms with van der Waals surface area (Å²) in [6.45, 7) is -0.493. The maximum atomic E-state index is 11.0. The van der Waals surface area contributed by atoms with E-state index in [0.29, 0.717) is 0 Å². The van der Waals surface area contributed by atoms with E-state index < -0.39 is 36.4 Å². The van der Waals surface area contributed by atoms with E-state index in [9.17, 15) is 14.4 Å². The molecule has 1 aliphatic rings. The third-order valence-electron chi connectivity index (χ3n) is 1.72. The molecule has 13 heavy (non-hydrogen) atoms. The highest BCUT2D eigenvalue weighted by molar-refractivity contribution is 6.65. The Balaban J connectivity index is 2.78. The van der Waals surface area contributed by atoms with E-state index >= 15 is 0 Å². The van der Waals surface area contributed by atoms with Crippen molar-refractivity contribution in [2.45, 2.75) is 12.2 Å². The topological polar surface area (TPSA) is 89.9 Å². The Kier molecular flexibility index (Phi) is 2.74. The van der Waals surface area contributed by atoms with Crippen molar-refractivity contribution in [1.29, 1.82) is 0 Å². The second-order valence-corrected chi connectivity index (χ2v) is 2.48. The number of ether oxygens (including phenoxy) is 2. The molecule has 0 bridgehead atoms. The summed E-state index contributed by atoms with van der Waals surface area (Å²) in [5, 5.41) is 8.70. The van der Waals surface area contributed by atoms with E-state index in [-0.39, 0.29) is 0 Å². The minimum absolute atomic E-state index is 0.493. The minimum atomic E-state index is -1.30. The van der Waals surface area contributed by atoms with E-state index in [1.165, 1.54) is 7.11 Å². The molecule has 0 saturated carbocycles. The summed E-state index contributed by atoms with van der Waals surface area (Å²) in [6.07, 6.45) is -2.27. The third kappa shape index (κ3) is 1.58. The number of cyclic esters (lactones) is 1. The number of ketones is 2. The lowest BCUT2D eigenvalue weighted by molar-refractivity contribution is -0.153. The number of carbonyl (C=O) groups is 3. The smallest absolute Gasteiger partial charge is 0.383 e. The molecule has 72 valence electrons. The van der Waals surface area contributed by atoms with Crippen LogP contribution in [0.1, 0.15) is 0 Å². The van der Waals surface area contributed by atoms with Crippen molar-refractivity contribution in [3.8, 4) is 0 Å². The van der Waals surface area contributed by atoms with Gasteiger partial charge in [-0.25, -0.2) is 4.79 Å². The van der Waals surface area contributed by atoms with Crippen molar-refractivity contribution in [2.24, 2.45) is 0 Å². The number of hydrogen-bond donors (Lipinski definition) is 1. The molecule has 2 atom stereocenters. The normalized spacial score (nSPS) is 24.8. The van der Waals surface area contributed by atoms with Gasteiger partial charge in [0, 0.05) is 7.11 Å². The van der Waals surface area contributed by atoms with E-state index in [2.05, 4.69) is 9.47 Å². The van der Waals surface area contributed by atoms with Crippen molar-refractivity contribution in [2.75, 3.05) is 13.7 Å². The number of esters is 1. The van der Waals surface area contributed by atoms with Gasteiger partial charge in [0.25, 0.3) is 5.78 Å². The lowest BCUT2D eigenvalue weighted by atomic mass is 10.1. The molecule has 0 radical (unpaired) electrons. The highest BCUT2D eigenvalue weighted by atomic mass is 16.6. The van der Waals surface area contributed by atoms with Gasteiger partial charge in [-0.15, -0.1) is 0 Å². The fourth-order valence-corrected chi connectivity index (χ4v) is 0.991. The monoisotopic (exact) mass is 188 g/mol. The Bertz CT molecular complexity index is 254. The Labute approximate surface area is 73.4 Å². The zero-order chi connectivity index (χ0) is 10.0. The van der Waals surface area contributed by atoms with Gasteiger partial charge in [-0.05, 0) is 0 Å². The maximum Gasteiger partial charge on any atom is 0.383 e. The van der Waals surface area contributed by atoms with Crippen LogP contribution in [0.15, 0.2) is 0 Å². The molecule has 0 aromatic rings. The second-order valence-electron chi connectivity index (χ2n) is 2.48. The van der Waals surface area contributed by atoms with Gasteiger partial charge in [0.05, 0.1) is 6.61 Å². The molecule has 0 amide bonds. The zero-order valence-corrected chi connectivity index (χ0v) is 6.85. The third-order valence-corrected chi connectivity index (χ3v) is 1.72. The highest BCUT2D eigenvalue weighted by Gasteiger charge is 2.46. The quantitative estimate of drug-likeness (QED) is 0.409. The Hall–Kier alpha value is -1.27. The molecular formula is C7H8O6. The van der Waals surface area contributed by atoms with Crippen LogP contribution in [0.25, 0.3) is 0 Å². The SMILES string of the molecule is CO[C@@H](CO)[C@H]1OC(=O)C(=O)C1=O. The summed E-state index contributed by atoms with van der Waals surface area (Å²) in [5.74, 6) is -3.35. The largest absolute Gasteiger partial charge is 0.445 e. The highest BCUT2D eigenvalue weighted by Crippen LogP contribution is 2.12. The molecule has 0 aromatic heterocycles. The first-order valence-electron chi connectivity index (χ1n) is 3.54. The predicted molar refractivity (Wildman–Crippen MR) is 37.8 cm³/mol. The fourth-order valence-electron chi connectivity index (χ4n) is 0.991. The number of carbonyl (C=O) groups excluding carboxylic acids is 3. The van der Waals surface area contributed by atoms with Gasteiger partial charge < -0.3 is 14.6 Å². The Morgan fingerprint density at radius 3 is 2.46 bits per heavy atom. The van der Waals surface area contributed by atoms with Crippen LogP contribution < -0.4 is 0 Å². The molecule has 0 aliphatic carbocycles. The van der Waals surface area contributed by atoms with Crippen LogP contribution in [-0.2, 0) is 23.9 Å². The number of hydrogen-bond acceptors (Lipinski definition) is 6. The predicted octanol–water partition coefficient (Wildman–Crippen LogP) is -1.94. The van der Waals surface area contributed by atoms with Gasteiger partial charge >= 0.3 is 11.8 Å². The van der Waals surface area contributed by atoms with Crippen LogP contribution in [0.3, 0.4) is 0 Å². The average Bonchev–Trinajstić information content (AvgIpc) is 2.36. The second kappa shape index (κ2) is 3.63. The molecule has 6 nitrogen and oxygen atoms in total. The van der Waals surface area contributed by atoms with Crippen molar-refractivity contribution < 1.29 is 29.0 Å². The minimum Gasteiger partial charge on any atom is -0.445 e. The van der Waals surface area contributed by atoms with Crippen molar-refractivity contribution in [3.05, 3.63) is 0 Å². The Morgan fingerprint density at radius 1 is 1.54 bits per heavy atom. The van der Waals surface area contributed by atoms with Gasteiger partial charge in [-0.1, -0.05) is 0 Å². The standard InChI is InChI=1S/C7H8O6/c1-12-3(2-8)6-4(9)5(10)7(11)13-6/h3,6,8H,2H2,1H3/t3-,6+/m0/s1. The molecular weight excluding hydrogens is 180 g/mol. The Morgan fingerprint density at radius 2 is 2.15 bits per heavy atom. The molecule has 6 heteroatoms. The molecule has 1 saturated heterocycles. The lowest BCUT2D eigenvalue weighted by Crippen LogP contribution is -2.37. The summed E-state index contributed by atoms with van der Waals surface area (Å²) < 4.78 is 9.06. The van der Waals surface area contributed by atoms with Crippen LogP contribution in [0.4, 0.5) is 0 Å². The van der Waals surface area contributed by atoms with Crippen molar-refractivity contribution >= 4 is 17.5 Å². The van der Waals surface area contributed by atoms with Crippen LogP contribution in [0.2, 0.25) is 0 Å². The summed E-state index contributed by atoms with van der Waals surface area (Å²) in [4.78, 5) is 32.3. The molecule has 1 rings (SSSR count). The molecule has 0 unspecified atom stereocenters.